The third-order valence-electron chi connectivity index (χ3n) is 4.65. The topological polar surface area (TPSA) is 76.2 Å². The van der Waals surface area contributed by atoms with Crippen LogP contribution >= 0.6 is 0 Å². The molecular formula is C22H17NO4. The Morgan fingerprint density at radius 3 is 2.22 bits per heavy atom. The molecule has 2 aromatic carbocycles. The van der Waals surface area contributed by atoms with Crippen LogP contribution in [-0.4, -0.2) is 29.1 Å². The monoisotopic (exact) mass is 359 g/mol. The van der Waals surface area contributed by atoms with Gasteiger partial charge in [0.15, 0.2) is 5.78 Å². The van der Waals surface area contributed by atoms with Crippen molar-refractivity contribution in [3.8, 4) is 0 Å². The van der Waals surface area contributed by atoms with Crippen LogP contribution in [0.3, 0.4) is 0 Å². The number of carbonyl (C=O) groups excluding carboxylic acids is 3. The molecule has 0 aliphatic heterocycles. The summed E-state index contributed by atoms with van der Waals surface area (Å²) in [7, 11) is 0. The highest BCUT2D eigenvalue weighted by Crippen LogP contribution is 2.32. The van der Waals surface area contributed by atoms with Gasteiger partial charge in [-0.05, 0) is 12.5 Å². The first-order valence-electron chi connectivity index (χ1n) is 8.76. The van der Waals surface area contributed by atoms with E-state index in [-0.39, 0.29) is 35.0 Å². The lowest BCUT2D eigenvalue weighted by atomic mass is 9.86. The summed E-state index contributed by atoms with van der Waals surface area (Å²) in [5, 5.41) is 0. The van der Waals surface area contributed by atoms with Crippen LogP contribution in [-0.2, 0) is 11.2 Å². The second-order valence-electron chi connectivity index (χ2n) is 6.32. The van der Waals surface area contributed by atoms with Crippen molar-refractivity contribution in [2.24, 2.45) is 0 Å². The Balaban J connectivity index is 1.90. The summed E-state index contributed by atoms with van der Waals surface area (Å²) in [5.74, 6) is -1.22. The predicted octanol–water partition coefficient (Wildman–Crippen LogP) is 3.56. The van der Waals surface area contributed by atoms with E-state index >= 15 is 0 Å². The van der Waals surface area contributed by atoms with Gasteiger partial charge in [-0.1, -0.05) is 54.6 Å². The van der Waals surface area contributed by atoms with Gasteiger partial charge in [0.2, 0.25) is 5.78 Å². The standard InChI is InChI=1S/C22H17NO4/c1-2-27-22(26)17-16(12-13-8-4-3-5-9-13)23-19-18(17)20(24)14-10-6-7-11-15(14)21(19)25/h3-11,23H,2,12H2,1H3. The normalized spacial score (nSPS) is 12.5. The van der Waals surface area contributed by atoms with E-state index in [0.29, 0.717) is 23.2 Å². The summed E-state index contributed by atoms with van der Waals surface area (Å²) in [6.07, 6.45) is 0.388. The predicted molar refractivity (Wildman–Crippen MR) is 99.3 cm³/mol. The Morgan fingerprint density at radius 2 is 1.56 bits per heavy atom. The number of rotatable bonds is 4. The number of hydrogen-bond acceptors (Lipinski definition) is 4. The van der Waals surface area contributed by atoms with E-state index in [2.05, 4.69) is 4.98 Å². The van der Waals surface area contributed by atoms with Gasteiger partial charge in [-0.2, -0.15) is 0 Å². The Morgan fingerprint density at radius 1 is 0.926 bits per heavy atom. The molecule has 0 saturated carbocycles. The summed E-state index contributed by atoms with van der Waals surface area (Å²) < 4.78 is 5.18. The molecule has 0 spiro atoms. The van der Waals surface area contributed by atoms with Crippen LogP contribution in [0.4, 0.5) is 0 Å². The molecule has 0 bridgehead atoms. The highest BCUT2D eigenvalue weighted by molar-refractivity contribution is 6.30. The zero-order valence-electron chi connectivity index (χ0n) is 14.7. The average molecular weight is 359 g/mol. The lowest BCUT2D eigenvalue weighted by molar-refractivity contribution is 0.0522. The van der Waals surface area contributed by atoms with Gasteiger partial charge in [0.25, 0.3) is 0 Å². The highest BCUT2D eigenvalue weighted by Gasteiger charge is 2.37. The Kier molecular flexibility index (Phi) is 4.20. The van der Waals surface area contributed by atoms with E-state index in [4.69, 9.17) is 4.74 Å². The summed E-state index contributed by atoms with van der Waals surface area (Å²) in [6.45, 7) is 1.89. The van der Waals surface area contributed by atoms with Gasteiger partial charge in [0, 0.05) is 23.2 Å². The maximum Gasteiger partial charge on any atom is 0.340 e. The minimum atomic E-state index is -0.596. The van der Waals surface area contributed by atoms with Gasteiger partial charge in [-0.3, -0.25) is 9.59 Å². The lowest BCUT2D eigenvalue weighted by Gasteiger charge is -2.14. The van der Waals surface area contributed by atoms with E-state index in [1.54, 1.807) is 31.2 Å². The molecule has 5 heteroatoms. The van der Waals surface area contributed by atoms with Crippen molar-refractivity contribution in [3.63, 3.8) is 0 Å². The van der Waals surface area contributed by atoms with Gasteiger partial charge in [-0.15, -0.1) is 0 Å². The molecule has 0 unspecified atom stereocenters. The minimum Gasteiger partial charge on any atom is -0.462 e. The quantitative estimate of drug-likeness (QED) is 0.565. The number of hydrogen-bond donors (Lipinski definition) is 1. The van der Waals surface area contributed by atoms with Crippen molar-refractivity contribution >= 4 is 17.5 Å². The van der Waals surface area contributed by atoms with E-state index in [9.17, 15) is 14.4 Å². The number of ketones is 2. The molecule has 5 nitrogen and oxygen atoms in total. The second-order valence-corrected chi connectivity index (χ2v) is 6.32. The van der Waals surface area contributed by atoms with Gasteiger partial charge < -0.3 is 9.72 Å². The molecule has 1 aliphatic carbocycles. The molecule has 4 rings (SSSR count). The summed E-state index contributed by atoms with van der Waals surface area (Å²) in [6, 6.07) is 16.2. The Labute approximate surface area is 156 Å². The third-order valence-corrected chi connectivity index (χ3v) is 4.65. The van der Waals surface area contributed by atoms with Gasteiger partial charge in [0.05, 0.1) is 23.4 Å². The molecule has 1 aromatic heterocycles. The fourth-order valence-corrected chi connectivity index (χ4v) is 3.46. The van der Waals surface area contributed by atoms with Crippen LogP contribution < -0.4 is 0 Å². The van der Waals surface area contributed by atoms with E-state index < -0.39 is 5.97 Å². The van der Waals surface area contributed by atoms with Crippen LogP contribution in [0.15, 0.2) is 54.6 Å². The number of aromatic nitrogens is 1. The maximum atomic E-state index is 13.1. The number of fused-ring (bicyclic) bond motifs is 2. The molecule has 1 aliphatic rings. The SMILES string of the molecule is CCOC(=O)c1c(Cc2ccccc2)[nH]c2c1C(=O)c1ccccc1C2=O. The van der Waals surface area contributed by atoms with E-state index in [1.807, 2.05) is 30.3 Å². The fraction of sp³-hybridized carbons (Fsp3) is 0.136. The number of carbonyl (C=O) groups is 3. The molecule has 1 N–H and O–H groups in total. The van der Waals surface area contributed by atoms with Crippen molar-refractivity contribution < 1.29 is 19.1 Å². The highest BCUT2D eigenvalue weighted by atomic mass is 16.5. The van der Waals surface area contributed by atoms with Gasteiger partial charge >= 0.3 is 5.97 Å². The Hall–Kier alpha value is -3.47. The van der Waals surface area contributed by atoms with Crippen molar-refractivity contribution in [2.45, 2.75) is 13.3 Å². The number of ether oxygens (including phenoxy) is 1. The zero-order chi connectivity index (χ0) is 19.0. The summed E-state index contributed by atoms with van der Waals surface area (Å²) >= 11 is 0. The number of H-pyrrole nitrogens is 1. The van der Waals surface area contributed by atoms with Crippen molar-refractivity contribution in [1.29, 1.82) is 0 Å². The number of benzene rings is 2. The van der Waals surface area contributed by atoms with E-state index in [0.717, 1.165) is 5.56 Å². The largest absolute Gasteiger partial charge is 0.462 e. The number of nitrogens with one attached hydrogen (secondary N) is 1. The van der Waals surface area contributed by atoms with Crippen LogP contribution in [0.5, 0.6) is 0 Å². The minimum absolute atomic E-state index is 0.114. The maximum absolute atomic E-state index is 13.1. The summed E-state index contributed by atoms with van der Waals surface area (Å²) in [4.78, 5) is 41.7. The van der Waals surface area contributed by atoms with Crippen molar-refractivity contribution in [3.05, 3.63) is 93.8 Å². The molecule has 0 amide bonds. The number of aromatic amines is 1. The first kappa shape index (κ1) is 17.0. The van der Waals surface area contributed by atoms with E-state index in [1.165, 1.54) is 0 Å². The van der Waals surface area contributed by atoms with Crippen LogP contribution in [0.2, 0.25) is 0 Å². The molecule has 0 fully saturated rings. The van der Waals surface area contributed by atoms with Crippen LogP contribution in [0, 0.1) is 0 Å². The molecule has 0 atom stereocenters. The smallest absolute Gasteiger partial charge is 0.340 e. The molecule has 27 heavy (non-hydrogen) atoms. The molecule has 3 aromatic rings. The Bertz CT molecular complexity index is 1060. The molecule has 134 valence electrons. The zero-order valence-corrected chi connectivity index (χ0v) is 14.7. The van der Waals surface area contributed by atoms with Gasteiger partial charge in [-0.25, -0.2) is 4.79 Å². The van der Waals surface area contributed by atoms with Crippen LogP contribution in [0.1, 0.15) is 60.5 Å². The third kappa shape index (κ3) is 2.77. The molecule has 1 heterocycles. The van der Waals surface area contributed by atoms with Crippen molar-refractivity contribution in [1.82, 2.24) is 4.98 Å². The molecule has 0 saturated heterocycles. The fourth-order valence-electron chi connectivity index (χ4n) is 3.46. The summed E-state index contributed by atoms with van der Waals surface area (Å²) in [5.41, 5.74) is 2.56. The average Bonchev–Trinajstić information content (AvgIpc) is 3.07. The number of esters is 1. The van der Waals surface area contributed by atoms with Crippen LogP contribution in [0.25, 0.3) is 0 Å². The van der Waals surface area contributed by atoms with Gasteiger partial charge in [0.1, 0.15) is 0 Å². The first-order chi connectivity index (χ1) is 13.1. The second kappa shape index (κ2) is 6.68. The van der Waals surface area contributed by atoms with Crippen molar-refractivity contribution in [2.75, 3.05) is 6.61 Å². The lowest BCUT2D eigenvalue weighted by Crippen LogP contribution is -2.22. The molecule has 0 radical (unpaired) electrons. The first-order valence-corrected chi connectivity index (χ1v) is 8.76. The molecular weight excluding hydrogens is 342 g/mol.